The molecule has 144 valence electrons. The topological polar surface area (TPSA) is 109 Å². The standard InChI is InChI=1S/C18H25N7O2/c1-13-22-16-14(17(23-13)20-6-9-25-12-19-11-21-25)2-3-18(16)4-7-24(8-5-18)15(27)10-26/h11-12,26H,2-10H2,1H3,(H,20,22,23). The van der Waals surface area contributed by atoms with Crippen LogP contribution in [0.25, 0.3) is 0 Å². The Hall–Kier alpha value is -2.55. The summed E-state index contributed by atoms with van der Waals surface area (Å²) in [6.07, 6.45) is 7.01. The fourth-order valence-electron chi connectivity index (χ4n) is 4.31. The molecule has 2 N–H and O–H groups in total. The smallest absolute Gasteiger partial charge is 0.248 e. The van der Waals surface area contributed by atoms with Crippen molar-refractivity contribution in [3.8, 4) is 0 Å². The van der Waals surface area contributed by atoms with Crippen LogP contribution in [0.15, 0.2) is 12.7 Å². The van der Waals surface area contributed by atoms with Crippen LogP contribution < -0.4 is 5.32 Å². The van der Waals surface area contributed by atoms with Crippen molar-refractivity contribution in [3.05, 3.63) is 29.7 Å². The summed E-state index contributed by atoms with van der Waals surface area (Å²) in [4.78, 5) is 26.9. The molecule has 3 heterocycles. The third kappa shape index (κ3) is 3.39. The molecule has 2 aliphatic rings. The van der Waals surface area contributed by atoms with Crippen LogP contribution in [-0.4, -0.2) is 66.9 Å². The van der Waals surface area contributed by atoms with E-state index in [1.165, 1.54) is 11.9 Å². The first-order valence-electron chi connectivity index (χ1n) is 9.44. The van der Waals surface area contributed by atoms with Crippen molar-refractivity contribution in [1.82, 2.24) is 29.6 Å². The number of anilines is 1. The van der Waals surface area contributed by atoms with E-state index in [-0.39, 0.29) is 11.3 Å². The van der Waals surface area contributed by atoms with Crippen LogP contribution in [0.3, 0.4) is 0 Å². The molecule has 1 aliphatic carbocycles. The van der Waals surface area contributed by atoms with Crippen LogP contribution in [0.4, 0.5) is 5.82 Å². The average molecular weight is 371 g/mol. The van der Waals surface area contributed by atoms with Crippen molar-refractivity contribution in [2.45, 2.75) is 44.6 Å². The van der Waals surface area contributed by atoms with E-state index < -0.39 is 6.61 Å². The third-order valence-electron chi connectivity index (χ3n) is 5.78. The van der Waals surface area contributed by atoms with Gasteiger partial charge in [0.05, 0.1) is 12.2 Å². The van der Waals surface area contributed by atoms with Gasteiger partial charge in [-0.1, -0.05) is 0 Å². The molecule has 0 radical (unpaired) electrons. The summed E-state index contributed by atoms with van der Waals surface area (Å²) in [5.41, 5.74) is 2.38. The van der Waals surface area contributed by atoms with Gasteiger partial charge in [0, 0.05) is 30.6 Å². The number of fused-ring (bicyclic) bond motifs is 2. The van der Waals surface area contributed by atoms with E-state index in [1.54, 1.807) is 15.9 Å². The minimum Gasteiger partial charge on any atom is -0.387 e. The third-order valence-corrected chi connectivity index (χ3v) is 5.78. The average Bonchev–Trinajstić information content (AvgIpc) is 3.31. The number of carbonyl (C=O) groups excluding carboxylic acids is 1. The van der Waals surface area contributed by atoms with Crippen molar-refractivity contribution >= 4 is 11.7 Å². The number of piperidine rings is 1. The lowest BCUT2D eigenvalue weighted by molar-refractivity contribution is -0.135. The van der Waals surface area contributed by atoms with E-state index in [0.29, 0.717) is 13.1 Å². The summed E-state index contributed by atoms with van der Waals surface area (Å²) >= 11 is 0. The zero-order chi connectivity index (χ0) is 18.9. The monoisotopic (exact) mass is 371 g/mol. The molecule has 0 atom stereocenters. The van der Waals surface area contributed by atoms with E-state index in [4.69, 9.17) is 10.1 Å². The summed E-state index contributed by atoms with van der Waals surface area (Å²) in [6.45, 7) is 4.32. The Balaban J connectivity index is 1.50. The number of rotatable bonds is 5. The number of aliphatic hydroxyl groups excluding tert-OH is 1. The van der Waals surface area contributed by atoms with Gasteiger partial charge in [0.15, 0.2) is 0 Å². The lowest BCUT2D eigenvalue weighted by Crippen LogP contribution is -2.45. The summed E-state index contributed by atoms with van der Waals surface area (Å²) < 4.78 is 1.79. The number of hydrogen-bond donors (Lipinski definition) is 2. The first-order chi connectivity index (χ1) is 13.1. The van der Waals surface area contributed by atoms with Gasteiger partial charge < -0.3 is 15.3 Å². The second kappa shape index (κ2) is 7.22. The number of aryl methyl sites for hydroxylation is 1. The highest BCUT2D eigenvalue weighted by molar-refractivity contribution is 5.77. The number of hydrogen-bond acceptors (Lipinski definition) is 7. The highest BCUT2D eigenvalue weighted by atomic mass is 16.3. The van der Waals surface area contributed by atoms with Gasteiger partial charge in [-0.2, -0.15) is 5.10 Å². The molecule has 1 spiro atoms. The zero-order valence-corrected chi connectivity index (χ0v) is 15.6. The lowest BCUT2D eigenvalue weighted by Gasteiger charge is -2.39. The Morgan fingerprint density at radius 3 is 2.81 bits per heavy atom. The summed E-state index contributed by atoms with van der Waals surface area (Å²) in [5, 5.41) is 16.7. The molecule has 2 aromatic rings. The summed E-state index contributed by atoms with van der Waals surface area (Å²) in [6, 6.07) is 0. The second-order valence-corrected chi connectivity index (χ2v) is 7.35. The van der Waals surface area contributed by atoms with Gasteiger partial charge in [-0.15, -0.1) is 0 Å². The molecule has 0 unspecified atom stereocenters. The van der Waals surface area contributed by atoms with E-state index in [2.05, 4.69) is 20.4 Å². The maximum Gasteiger partial charge on any atom is 0.248 e. The number of aliphatic hydroxyl groups is 1. The number of nitrogens with one attached hydrogen (secondary N) is 1. The number of aromatic nitrogens is 5. The van der Waals surface area contributed by atoms with Crippen molar-refractivity contribution in [1.29, 1.82) is 0 Å². The number of likely N-dealkylation sites (tertiary alicyclic amines) is 1. The van der Waals surface area contributed by atoms with Crippen LogP contribution in [0, 0.1) is 6.92 Å². The molecule has 1 amide bonds. The summed E-state index contributed by atoms with van der Waals surface area (Å²) in [5.74, 6) is 1.51. The van der Waals surface area contributed by atoms with Crippen LogP contribution in [0.2, 0.25) is 0 Å². The van der Waals surface area contributed by atoms with Gasteiger partial charge in [-0.3, -0.25) is 9.48 Å². The number of amides is 1. The van der Waals surface area contributed by atoms with E-state index in [0.717, 1.165) is 56.1 Å². The Morgan fingerprint density at radius 2 is 2.11 bits per heavy atom. The second-order valence-electron chi connectivity index (χ2n) is 7.35. The SMILES string of the molecule is Cc1nc(NCCn2cncn2)c2c(n1)C1(CC2)CCN(C(=O)CO)CC1. The van der Waals surface area contributed by atoms with Crippen molar-refractivity contribution < 1.29 is 9.90 Å². The minimum absolute atomic E-state index is 0.0254. The molecule has 0 aromatic carbocycles. The van der Waals surface area contributed by atoms with Crippen LogP contribution in [0.5, 0.6) is 0 Å². The number of nitrogens with zero attached hydrogens (tertiary/aromatic N) is 6. The maximum atomic E-state index is 11.8. The predicted octanol–water partition coefficient (Wildman–Crippen LogP) is 0.287. The molecule has 2 aromatic heterocycles. The van der Waals surface area contributed by atoms with Crippen molar-refractivity contribution in [3.63, 3.8) is 0 Å². The molecule has 27 heavy (non-hydrogen) atoms. The van der Waals surface area contributed by atoms with Crippen LogP contribution in [0.1, 0.15) is 36.3 Å². The van der Waals surface area contributed by atoms with Crippen molar-refractivity contribution in [2.24, 2.45) is 0 Å². The molecule has 1 saturated heterocycles. The highest BCUT2D eigenvalue weighted by Gasteiger charge is 2.44. The Kier molecular flexibility index (Phi) is 4.77. The van der Waals surface area contributed by atoms with Crippen LogP contribution >= 0.6 is 0 Å². The molecule has 4 rings (SSSR count). The van der Waals surface area contributed by atoms with Gasteiger partial charge in [-0.25, -0.2) is 15.0 Å². The Bertz CT molecular complexity index is 813. The number of carbonyl (C=O) groups is 1. The van der Waals surface area contributed by atoms with E-state index >= 15 is 0 Å². The van der Waals surface area contributed by atoms with Gasteiger partial charge in [-0.05, 0) is 32.6 Å². The molecular weight excluding hydrogens is 346 g/mol. The van der Waals surface area contributed by atoms with Crippen molar-refractivity contribution in [2.75, 3.05) is 31.6 Å². The fourth-order valence-corrected chi connectivity index (χ4v) is 4.31. The van der Waals surface area contributed by atoms with Gasteiger partial charge >= 0.3 is 0 Å². The Labute approximate surface area is 157 Å². The molecule has 0 bridgehead atoms. The minimum atomic E-state index is -0.412. The molecular formula is C18H25N7O2. The quantitative estimate of drug-likeness (QED) is 0.777. The van der Waals surface area contributed by atoms with Crippen LogP contribution in [-0.2, 0) is 23.2 Å². The predicted molar refractivity (Wildman–Crippen MR) is 98.2 cm³/mol. The summed E-state index contributed by atoms with van der Waals surface area (Å²) in [7, 11) is 0. The lowest BCUT2D eigenvalue weighted by atomic mass is 9.76. The fraction of sp³-hybridized carbons (Fsp3) is 0.611. The van der Waals surface area contributed by atoms with Gasteiger partial charge in [0.2, 0.25) is 5.91 Å². The maximum absolute atomic E-state index is 11.8. The first kappa shape index (κ1) is 17.8. The Morgan fingerprint density at radius 1 is 1.30 bits per heavy atom. The van der Waals surface area contributed by atoms with E-state index in [1.807, 2.05) is 6.92 Å². The molecule has 9 nitrogen and oxygen atoms in total. The van der Waals surface area contributed by atoms with Gasteiger partial charge in [0.1, 0.15) is 30.9 Å². The van der Waals surface area contributed by atoms with Gasteiger partial charge in [0.25, 0.3) is 0 Å². The first-order valence-corrected chi connectivity index (χ1v) is 9.44. The molecule has 1 fully saturated rings. The largest absolute Gasteiger partial charge is 0.387 e. The van der Waals surface area contributed by atoms with E-state index in [9.17, 15) is 4.79 Å². The zero-order valence-electron chi connectivity index (χ0n) is 15.6. The highest BCUT2D eigenvalue weighted by Crippen LogP contribution is 2.46. The molecule has 0 saturated carbocycles. The normalized spacial score (nSPS) is 17.9. The molecule has 9 heteroatoms. The molecule has 1 aliphatic heterocycles.